The minimum absolute atomic E-state index is 0.0488. The van der Waals surface area contributed by atoms with Gasteiger partial charge in [-0.25, -0.2) is 0 Å². The van der Waals surface area contributed by atoms with Gasteiger partial charge in [0, 0.05) is 19.6 Å². The predicted molar refractivity (Wildman–Crippen MR) is 91.5 cm³/mol. The Morgan fingerprint density at radius 2 is 1.96 bits per heavy atom. The molecule has 0 saturated carbocycles. The molecule has 2 heterocycles. The van der Waals surface area contributed by atoms with Crippen molar-refractivity contribution in [1.29, 1.82) is 0 Å². The number of hydrogen-bond acceptors (Lipinski definition) is 4. The first-order valence-corrected chi connectivity index (χ1v) is 8.99. The van der Waals surface area contributed by atoms with Gasteiger partial charge in [-0.2, -0.15) is 0 Å². The Labute approximate surface area is 143 Å². The third kappa shape index (κ3) is 4.01. The summed E-state index contributed by atoms with van der Waals surface area (Å²) in [6, 6.07) is 7.65. The molecule has 24 heavy (non-hydrogen) atoms. The summed E-state index contributed by atoms with van der Waals surface area (Å²) in [4.78, 5) is 14.3. The molecule has 1 unspecified atom stereocenters. The van der Waals surface area contributed by atoms with E-state index in [9.17, 15) is 4.79 Å². The van der Waals surface area contributed by atoms with Crippen molar-refractivity contribution in [3.63, 3.8) is 0 Å². The van der Waals surface area contributed by atoms with Gasteiger partial charge in [-0.15, -0.1) is 0 Å². The maximum atomic E-state index is 12.4. The summed E-state index contributed by atoms with van der Waals surface area (Å²) < 4.78 is 17.4. The number of hydrogen-bond donors (Lipinski definition) is 0. The summed E-state index contributed by atoms with van der Waals surface area (Å²) in [6.07, 6.45) is 4.58. The molecule has 2 fully saturated rings. The molecule has 0 radical (unpaired) electrons. The van der Waals surface area contributed by atoms with E-state index in [2.05, 4.69) is 0 Å². The Hall–Kier alpha value is -1.75. The number of benzene rings is 1. The molecule has 2 aliphatic rings. The first-order valence-electron chi connectivity index (χ1n) is 8.99. The molecule has 3 rings (SSSR count). The fourth-order valence-electron chi connectivity index (χ4n) is 3.58. The number of nitrogens with zero attached hydrogens (tertiary/aromatic N) is 1. The van der Waals surface area contributed by atoms with Gasteiger partial charge in [-0.05, 0) is 44.7 Å². The molecule has 2 saturated heterocycles. The number of likely N-dealkylation sites (tertiary alicyclic amines) is 1. The summed E-state index contributed by atoms with van der Waals surface area (Å²) in [7, 11) is 0. The van der Waals surface area contributed by atoms with Gasteiger partial charge in [0.05, 0.1) is 18.8 Å². The van der Waals surface area contributed by atoms with Crippen molar-refractivity contribution in [1.82, 2.24) is 4.90 Å². The molecule has 0 N–H and O–H groups in total. The van der Waals surface area contributed by atoms with Crippen LogP contribution in [-0.2, 0) is 9.53 Å². The van der Waals surface area contributed by atoms with E-state index in [4.69, 9.17) is 14.2 Å². The van der Waals surface area contributed by atoms with Crippen LogP contribution in [0.15, 0.2) is 24.3 Å². The summed E-state index contributed by atoms with van der Waals surface area (Å²) >= 11 is 0. The number of amides is 1. The lowest BCUT2D eigenvalue weighted by Crippen LogP contribution is -2.35. The van der Waals surface area contributed by atoms with Crippen molar-refractivity contribution in [2.75, 3.05) is 32.9 Å². The van der Waals surface area contributed by atoms with Crippen LogP contribution in [0.5, 0.6) is 11.5 Å². The van der Waals surface area contributed by atoms with Gasteiger partial charge in [0.1, 0.15) is 6.61 Å². The number of rotatable bonds is 6. The first kappa shape index (κ1) is 17.1. The van der Waals surface area contributed by atoms with Crippen molar-refractivity contribution >= 4 is 5.91 Å². The second-order valence-electron chi connectivity index (χ2n) is 6.49. The van der Waals surface area contributed by atoms with Crippen molar-refractivity contribution in [3.05, 3.63) is 24.3 Å². The second kappa shape index (κ2) is 7.88. The monoisotopic (exact) mass is 333 g/mol. The summed E-state index contributed by atoms with van der Waals surface area (Å²) in [5.41, 5.74) is -0.0488. The van der Waals surface area contributed by atoms with E-state index in [0.717, 1.165) is 50.3 Å². The molecule has 1 aromatic carbocycles. The van der Waals surface area contributed by atoms with Gasteiger partial charge < -0.3 is 19.1 Å². The van der Waals surface area contributed by atoms with Crippen molar-refractivity contribution in [2.45, 2.75) is 44.6 Å². The average Bonchev–Trinajstić information content (AvgIpc) is 3.00. The van der Waals surface area contributed by atoms with Crippen LogP contribution >= 0.6 is 0 Å². The molecule has 2 aliphatic heterocycles. The Morgan fingerprint density at radius 3 is 2.67 bits per heavy atom. The Kier molecular flexibility index (Phi) is 5.61. The summed E-state index contributed by atoms with van der Waals surface area (Å²) in [5.74, 6) is 1.70. The van der Waals surface area contributed by atoms with E-state index in [0.29, 0.717) is 26.2 Å². The zero-order valence-corrected chi connectivity index (χ0v) is 14.5. The van der Waals surface area contributed by atoms with Crippen LogP contribution in [0.1, 0.15) is 39.0 Å². The Balaban J connectivity index is 1.52. The number of ether oxygens (including phenoxy) is 3. The molecule has 0 aromatic heterocycles. The van der Waals surface area contributed by atoms with Crippen LogP contribution in [-0.4, -0.2) is 49.3 Å². The molecular formula is C19H27NO4. The minimum atomic E-state index is -0.0488. The van der Waals surface area contributed by atoms with Gasteiger partial charge >= 0.3 is 0 Å². The molecule has 0 aliphatic carbocycles. The van der Waals surface area contributed by atoms with E-state index in [1.807, 2.05) is 36.1 Å². The number of carbonyl (C=O) groups is 1. The molecule has 1 atom stereocenters. The normalized spacial score (nSPS) is 24.2. The Morgan fingerprint density at radius 1 is 1.17 bits per heavy atom. The smallest absolute Gasteiger partial charge is 0.222 e. The zero-order valence-electron chi connectivity index (χ0n) is 14.5. The minimum Gasteiger partial charge on any atom is -0.490 e. The van der Waals surface area contributed by atoms with E-state index in [-0.39, 0.29) is 11.5 Å². The maximum absolute atomic E-state index is 12.4. The van der Waals surface area contributed by atoms with E-state index >= 15 is 0 Å². The predicted octanol–water partition coefficient (Wildman–Crippen LogP) is 3.03. The Bertz CT molecular complexity index is 554. The fourth-order valence-corrected chi connectivity index (χ4v) is 3.58. The quantitative estimate of drug-likeness (QED) is 0.803. The van der Waals surface area contributed by atoms with Crippen molar-refractivity contribution in [3.8, 4) is 11.5 Å². The molecule has 132 valence electrons. The highest BCUT2D eigenvalue weighted by Crippen LogP contribution is 2.36. The van der Waals surface area contributed by atoms with Crippen LogP contribution in [0.4, 0.5) is 0 Å². The van der Waals surface area contributed by atoms with Crippen LogP contribution in [0, 0.1) is 0 Å². The SMILES string of the molecule is CCOc1ccccc1OCCN1CCC2(CCCO2)CCC1=O. The summed E-state index contributed by atoms with van der Waals surface area (Å²) in [5, 5.41) is 0. The van der Waals surface area contributed by atoms with Gasteiger partial charge in [-0.1, -0.05) is 12.1 Å². The third-order valence-electron chi connectivity index (χ3n) is 4.94. The highest BCUT2D eigenvalue weighted by Gasteiger charge is 2.38. The van der Waals surface area contributed by atoms with Crippen LogP contribution in [0.3, 0.4) is 0 Å². The lowest BCUT2D eigenvalue weighted by molar-refractivity contribution is -0.131. The number of para-hydroxylation sites is 2. The van der Waals surface area contributed by atoms with Gasteiger partial charge in [0.25, 0.3) is 0 Å². The highest BCUT2D eigenvalue weighted by molar-refractivity contribution is 5.76. The average molecular weight is 333 g/mol. The molecule has 1 spiro atoms. The van der Waals surface area contributed by atoms with Crippen LogP contribution in [0.25, 0.3) is 0 Å². The fraction of sp³-hybridized carbons (Fsp3) is 0.632. The molecular weight excluding hydrogens is 306 g/mol. The molecule has 1 amide bonds. The lowest BCUT2D eigenvalue weighted by Gasteiger charge is -2.26. The molecule has 5 heteroatoms. The highest BCUT2D eigenvalue weighted by atomic mass is 16.5. The third-order valence-corrected chi connectivity index (χ3v) is 4.94. The standard InChI is InChI=1S/C19H27NO4/c1-2-22-16-6-3-4-7-17(16)23-15-13-20-12-11-19(9-5-14-24-19)10-8-18(20)21/h3-4,6-7H,2,5,8-15H2,1H3. The van der Waals surface area contributed by atoms with Gasteiger partial charge in [0.2, 0.25) is 5.91 Å². The van der Waals surface area contributed by atoms with E-state index in [1.165, 1.54) is 0 Å². The molecule has 0 bridgehead atoms. The lowest BCUT2D eigenvalue weighted by atomic mass is 9.92. The topological polar surface area (TPSA) is 48.0 Å². The van der Waals surface area contributed by atoms with Crippen LogP contribution < -0.4 is 9.47 Å². The van der Waals surface area contributed by atoms with Crippen LogP contribution in [0.2, 0.25) is 0 Å². The second-order valence-corrected chi connectivity index (χ2v) is 6.49. The maximum Gasteiger partial charge on any atom is 0.222 e. The van der Waals surface area contributed by atoms with Gasteiger partial charge in [0.15, 0.2) is 11.5 Å². The zero-order chi connectivity index (χ0) is 16.8. The first-order chi connectivity index (χ1) is 11.7. The summed E-state index contributed by atoms with van der Waals surface area (Å²) in [6.45, 7) is 5.24. The largest absolute Gasteiger partial charge is 0.490 e. The van der Waals surface area contributed by atoms with Gasteiger partial charge in [-0.3, -0.25) is 4.79 Å². The molecule has 5 nitrogen and oxygen atoms in total. The van der Waals surface area contributed by atoms with E-state index < -0.39 is 0 Å². The molecule has 1 aromatic rings. The number of carbonyl (C=O) groups excluding carboxylic acids is 1. The van der Waals surface area contributed by atoms with E-state index in [1.54, 1.807) is 0 Å². The van der Waals surface area contributed by atoms with Crippen molar-refractivity contribution < 1.29 is 19.0 Å². The van der Waals surface area contributed by atoms with Crippen molar-refractivity contribution in [2.24, 2.45) is 0 Å².